The van der Waals surface area contributed by atoms with Gasteiger partial charge in [-0.1, -0.05) is 6.92 Å². The van der Waals surface area contributed by atoms with Crippen molar-refractivity contribution in [2.24, 2.45) is 5.41 Å². The van der Waals surface area contributed by atoms with Gasteiger partial charge in [0.2, 0.25) is 0 Å². The van der Waals surface area contributed by atoms with Gasteiger partial charge in [0.25, 0.3) is 0 Å². The van der Waals surface area contributed by atoms with Crippen LogP contribution in [0.5, 0.6) is 0 Å². The standard InChI is InChI=1S/C12H13F3O3S2/c1-11(7-9-4-6-19-8-9)5-2-3-10(11)18-20(16,17)12(13,14)15/h3-4,6,8H,2,5,7H2,1H3. The highest BCUT2D eigenvalue weighted by Gasteiger charge is 2.50. The van der Waals surface area contributed by atoms with Crippen LogP contribution >= 0.6 is 11.3 Å². The number of allylic oxidation sites excluding steroid dienone is 2. The van der Waals surface area contributed by atoms with Crippen LogP contribution in [0.4, 0.5) is 13.2 Å². The molecule has 3 nitrogen and oxygen atoms in total. The van der Waals surface area contributed by atoms with E-state index in [4.69, 9.17) is 0 Å². The molecule has 20 heavy (non-hydrogen) atoms. The second-order valence-electron chi connectivity index (χ2n) is 4.96. The molecule has 0 aliphatic heterocycles. The third-order valence-electron chi connectivity index (χ3n) is 3.28. The minimum Gasteiger partial charge on any atom is -0.380 e. The molecule has 1 aromatic rings. The molecule has 0 spiro atoms. The molecule has 0 radical (unpaired) electrons. The summed E-state index contributed by atoms with van der Waals surface area (Å²) in [4.78, 5) is 0. The number of hydrogen-bond donors (Lipinski definition) is 0. The summed E-state index contributed by atoms with van der Waals surface area (Å²) in [7, 11) is -5.60. The van der Waals surface area contributed by atoms with E-state index in [1.807, 2.05) is 16.8 Å². The average molecular weight is 326 g/mol. The minimum atomic E-state index is -5.60. The van der Waals surface area contributed by atoms with Gasteiger partial charge in [-0.15, -0.1) is 0 Å². The Labute approximate surface area is 119 Å². The van der Waals surface area contributed by atoms with Gasteiger partial charge in [-0.05, 0) is 47.7 Å². The van der Waals surface area contributed by atoms with Crippen molar-refractivity contribution in [3.8, 4) is 0 Å². The van der Waals surface area contributed by atoms with Gasteiger partial charge in [-0.2, -0.15) is 32.9 Å². The Hall–Kier alpha value is -1.02. The van der Waals surface area contributed by atoms with Gasteiger partial charge < -0.3 is 4.18 Å². The van der Waals surface area contributed by atoms with Crippen molar-refractivity contribution in [1.29, 1.82) is 0 Å². The molecule has 0 saturated heterocycles. The Bertz CT molecular complexity index is 602. The van der Waals surface area contributed by atoms with E-state index in [0.29, 0.717) is 19.3 Å². The zero-order chi connectivity index (χ0) is 15.0. The molecule has 1 heterocycles. The first kappa shape index (κ1) is 15.4. The van der Waals surface area contributed by atoms with Crippen LogP contribution < -0.4 is 0 Å². The molecular formula is C12H13F3O3S2. The average Bonchev–Trinajstić information content (AvgIpc) is 2.89. The number of alkyl halides is 3. The number of halogens is 3. The number of rotatable bonds is 4. The summed E-state index contributed by atoms with van der Waals surface area (Å²) >= 11 is 1.48. The number of hydrogen-bond acceptors (Lipinski definition) is 4. The summed E-state index contributed by atoms with van der Waals surface area (Å²) in [5.41, 5.74) is -5.17. The van der Waals surface area contributed by atoms with Crippen molar-refractivity contribution < 1.29 is 25.8 Å². The maximum Gasteiger partial charge on any atom is 0.534 e. The largest absolute Gasteiger partial charge is 0.534 e. The highest BCUT2D eigenvalue weighted by Crippen LogP contribution is 2.44. The zero-order valence-corrected chi connectivity index (χ0v) is 12.2. The Morgan fingerprint density at radius 2 is 2.15 bits per heavy atom. The lowest BCUT2D eigenvalue weighted by molar-refractivity contribution is -0.0531. The fourth-order valence-electron chi connectivity index (χ4n) is 2.21. The molecule has 8 heteroatoms. The predicted octanol–water partition coefficient (Wildman–Crippen LogP) is 3.84. The first-order valence-electron chi connectivity index (χ1n) is 5.86. The third-order valence-corrected chi connectivity index (χ3v) is 4.98. The molecule has 0 saturated carbocycles. The molecular weight excluding hydrogens is 313 g/mol. The lowest BCUT2D eigenvalue weighted by Gasteiger charge is -2.27. The fraction of sp³-hybridized carbons (Fsp3) is 0.500. The van der Waals surface area contributed by atoms with Crippen molar-refractivity contribution in [2.45, 2.75) is 31.7 Å². The monoisotopic (exact) mass is 326 g/mol. The molecule has 0 N–H and O–H groups in total. The van der Waals surface area contributed by atoms with Crippen LogP contribution in [0.15, 0.2) is 28.7 Å². The van der Waals surface area contributed by atoms with Gasteiger partial charge in [-0.3, -0.25) is 0 Å². The Kier molecular flexibility index (Phi) is 3.90. The topological polar surface area (TPSA) is 43.4 Å². The fourth-order valence-corrected chi connectivity index (χ4v) is 3.48. The van der Waals surface area contributed by atoms with E-state index in [1.54, 1.807) is 6.92 Å². The van der Waals surface area contributed by atoms with Gasteiger partial charge in [0.05, 0.1) is 0 Å². The van der Waals surface area contributed by atoms with Crippen molar-refractivity contribution >= 4 is 21.5 Å². The highest BCUT2D eigenvalue weighted by atomic mass is 32.2. The lowest BCUT2D eigenvalue weighted by Crippen LogP contribution is -2.29. The highest BCUT2D eigenvalue weighted by molar-refractivity contribution is 7.87. The molecule has 0 amide bonds. The Morgan fingerprint density at radius 1 is 1.45 bits per heavy atom. The normalized spacial score (nSPS) is 23.7. The van der Waals surface area contributed by atoms with Gasteiger partial charge in [0.15, 0.2) is 0 Å². The van der Waals surface area contributed by atoms with E-state index >= 15 is 0 Å². The van der Waals surface area contributed by atoms with Crippen molar-refractivity contribution in [3.05, 3.63) is 34.2 Å². The Morgan fingerprint density at radius 3 is 2.70 bits per heavy atom. The summed E-state index contributed by atoms with van der Waals surface area (Å²) in [6.07, 6.45) is 2.94. The molecule has 1 aliphatic rings. The molecule has 112 valence electrons. The summed E-state index contributed by atoms with van der Waals surface area (Å²) in [5, 5.41) is 3.75. The van der Waals surface area contributed by atoms with E-state index in [2.05, 4.69) is 4.18 Å². The minimum absolute atomic E-state index is 0.110. The second-order valence-corrected chi connectivity index (χ2v) is 7.28. The maximum absolute atomic E-state index is 12.4. The van der Waals surface area contributed by atoms with Crippen LogP contribution in [0.25, 0.3) is 0 Å². The Balaban J connectivity index is 2.19. The first-order valence-corrected chi connectivity index (χ1v) is 8.22. The summed E-state index contributed by atoms with van der Waals surface area (Å²) in [6, 6.07) is 1.87. The van der Waals surface area contributed by atoms with E-state index < -0.39 is 21.0 Å². The lowest BCUT2D eigenvalue weighted by atomic mass is 9.83. The summed E-state index contributed by atoms with van der Waals surface area (Å²) in [6.45, 7) is 1.72. The summed E-state index contributed by atoms with van der Waals surface area (Å²) in [5.74, 6) is -0.110. The maximum atomic E-state index is 12.4. The third kappa shape index (κ3) is 3.01. The molecule has 1 atom stereocenters. The molecule has 0 bridgehead atoms. The van der Waals surface area contributed by atoms with Crippen LogP contribution in [0.3, 0.4) is 0 Å². The van der Waals surface area contributed by atoms with Crippen LogP contribution in [-0.4, -0.2) is 13.9 Å². The van der Waals surface area contributed by atoms with Gasteiger partial charge in [0, 0.05) is 5.41 Å². The molecule has 2 rings (SSSR count). The van der Waals surface area contributed by atoms with E-state index in [1.165, 1.54) is 17.4 Å². The van der Waals surface area contributed by atoms with Crippen LogP contribution in [0, 0.1) is 5.41 Å². The van der Waals surface area contributed by atoms with Crippen molar-refractivity contribution in [1.82, 2.24) is 0 Å². The van der Waals surface area contributed by atoms with Crippen LogP contribution in [-0.2, 0) is 20.7 Å². The first-order chi connectivity index (χ1) is 9.14. The number of thiophene rings is 1. The quantitative estimate of drug-likeness (QED) is 0.624. The predicted molar refractivity (Wildman–Crippen MR) is 69.5 cm³/mol. The van der Waals surface area contributed by atoms with Crippen molar-refractivity contribution in [3.63, 3.8) is 0 Å². The van der Waals surface area contributed by atoms with E-state index in [9.17, 15) is 21.6 Å². The molecule has 1 unspecified atom stereocenters. The van der Waals surface area contributed by atoms with Gasteiger partial charge >= 0.3 is 15.6 Å². The summed E-state index contributed by atoms with van der Waals surface area (Å²) < 4.78 is 63.7. The molecule has 0 fully saturated rings. The van der Waals surface area contributed by atoms with E-state index in [-0.39, 0.29) is 5.76 Å². The molecule has 1 aromatic heterocycles. The van der Waals surface area contributed by atoms with Gasteiger partial charge in [-0.25, -0.2) is 0 Å². The molecule has 1 aliphatic carbocycles. The zero-order valence-electron chi connectivity index (χ0n) is 10.6. The van der Waals surface area contributed by atoms with E-state index in [0.717, 1.165) is 5.56 Å². The molecule has 0 aromatic carbocycles. The second kappa shape index (κ2) is 5.07. The smallest absolute Gasteiger partial charge is 0.380 e. The van der Waals surface area contributed by atoms with Gasteiger partial charge in [0.1, 0.15) is 5.76 Å². The van der Waals surface area contributed by atoms with Crippen molar-refractivity contribution in [2.75, 3.05) is 0 Å². The van der Waals surface area contributed by atoms with Crippen LogP contribution in [0.2, 0.25) is 0 Å². The van der Waals surface area contributed by atoms with Crippen LogP contribution in [0.1, 0.15) is 25.3 Å². The SMILES string of the molecule is CC1(Cc2ccsc2)CCC=C1OS(=O)(=O)C(F)(F)F.